The zero-order chi connectivity index (χ0) is 17.3. The van der Waals surface area contributed by atoms with Crippen LogP contribution in [-0.2, 0) is 4.79 Å². The van der Waals surface area contributed by atoms with Gasteiger partial charge in [-0.05, 0) is 56.0 Å². The number of hydrogen-bond donors (Lipinski definition) is 1. The molecule has 0 saturated carbocycles. The van der Waals surface area contributed by atoms with Crippen LogP contribution in [0.5, 0.6) is 0 Å². The lowest BCUT2D eigenvalue weighted by Crippen LogP contribution is -2.48. The lowest BCUT2D eigenvalue weighted by atomic mass is 10.0. The maximum absolute atomic E-state index is 13.2. The van der Waals surface area contributed by atoms with Gasteiger partial charge in [0.25, 0.3) is 5.91 Å². The van der Waals surface area contributed by atoms with Crippen LogP contribution in [0.25, 0.3) is 5.69 Å². The Bertz CT molecular complexity index is 787. The van der Waals surface area contributed by atoms with Gasteiger partial charge in [0.1, 0.15) is 11.9 Å². The van der Waals surface area contributed by atoms with Crippen molar-refractivity contribution >= 4 is 11.9 Å². The summed E-state index contributed by atoms with van der Waals surface area (Å²) in [6.45, 7) is 2.17. The number of hydrogen-bond acceptors (Lipinski definition) is 3. The van der Waals surface area contributed by atoms with Gasteiger partial charge in [-0.25, -0.2) is 13.9 Å². The van der Waals surface area contributed by atoms with Crippen molar-refractivity contribution in [1.82, 2.24) is 14.7 Å². The number of carboxylic acids is 1. The van der Waals surface area contributed by atoms with Gasteiger partial charge in [-0.3, -0.25) is 4.79 Å². The van der Waals surface area contributed by atoms with Gasteiger partial charge in [-0.1, -0.05) is 0 Å². The third-order valence-electron chi connectivity index (χ3n) is 4.26. The monoisotopic (exact) mass is 331 g/mol. The molecule has 2 heterocycles. The van der Waals surface area contributed by atoms with Crippen LogP contribution in [0.4, 0.5) is 4.39 Å². The average molecular weight is 331 g/mol. The van der Waals surface area contributed by atoms with Crippen molar-refractivity contribution in [1.29, 1.82) is 0 Å². The van der Waals surface area contributed by atoms with E-state index in [0.717, 1.165) is 12.8 Å². The maximum atomic E-state index is 13.2. The minimum Gasteiger partial charge on any atom is -0.480 e. The molecule has 24 heavy (non-hydrogen) atoms. The Morgan fingerprint density at radius 2 is 2.08 bits per heavy atom. The first-order valence-electron chi connectivity index (χ1n) is 7.83. The van der Waals surface area contributed by atoms with E-state index in [1.54, 1.807) is 25.3 Å². The Morgan fingerprint density at radius 3 is 2.79 bits per heavy atom. The van der Waals surface area contributed by atoms with Crippen LogP contribution in [0, 0.1) is 12.7 Å². The Morgan fingerprint density at radius 1 is 1.29 bits per heavy atom. The molecule has 0 bridgehead atoms. The van der Waals surface area contributed by atoms with Crippen molar-refractivity contribution in [3.63, 3.8) is 0 Å². The number of halogens is 1. The smallest absolute Gasteiger partial charge is 0.326 e. The SMILES string of the molecule is Cc1cc(F)ccc1-n1ccc(C(=O)N2CCCC[C@@H]2C(=O)O)n1. The summed E-state index contributed by atoms with van der Waals surface area (Å²) in [5.41, 5.74) is 1.55. The highest BCUT2D eigenvalue weighted by molar-refractivity contribution is 5.95. The summed E-state index contributed by atoms with van der Waals surface area (Å²) in [7, 11) is 0. The normalized spacial score (nSPS) is 17.8. The highest BCUT2D eigenvalue weighted by Gasteiger charge is 2.33. The number of rotatable bonds is 3. The molecule has 1 aliphatic heterocycles. The maximum Gasteiger partial charge on any atom is 0.326 e. The number of benzene rings is 1. The van der Waals surface area contributed by atoms with Crippen LogP contribution in [0.3, 0.4) is 0 Å². The average Bonchev–Trinajstić information content (AvgIpc) is 3.03. The third-order valence-corrected chi connectivity index (χ3v) is 4.26. The number of aromatic nitrogens is 2. The van der Waals surface area contributed by atoms with Crippen LogP contribution < -0.4 is 0 Å². The van der Waals surface area contributed by atoms with Gasteiger partial charge in [0.2, 0.25) is 0 Å². The highest BCUT2D eigenvalue weighted by Crippen LogP contribution is 2.20. The van der Waals surface area contributed by atoms with Crippen LogP contribution in [-0.4, -0.2) is 44.3 Å². The highest BCUT2D eigenvalue weighted by atomic mass is 19.1. The Hall–Kier alpha value is -2.70. The zero-order valence-electron chi connectivity index (χ0n) is 13.3. The molecule has 1 aromatic heterocycles. The molecule has 1 saturated heterocycles. The molecule has 0 unspecified atom stereocenters. The minimum absolute atomic E-state index is 0.187. The van der Waals surface area contributed by atoms with Gasteiger partial charge in [0, 0.05) is 12.7 Å². The van der Waals surface area contributed by atoms with E-state index < -0.39 is 12.0 Å². The Kier molecular flexibility index (Phi) is 4.33. The van der Waals surface area contributed by atoms with Gasteiger partial charge in [0.15, 0.2) is 5.69 Å². The molecule has 3 rings (SSSR count). The number of nitrogens with zero attached hydrogens (tertiary/aromatic N) is 3. The summed E-state index contributed by atoms with van der Waals surface area (Å²) >= 11 is 0. The van der Waals surface area contributed by atoms with Gasteiger partial charge in [0.05, 0.1) is 5.69 Å². The first-order valence-corrected chi connectivity index (χ1v) is 7.83. The number of carbonyl (C=O) groups excluding carboxylic acids is 1. The van der Waals surface area contributed by atoms with Crippen LogP contribution >= 0.6 is 0 Å². The van der Waals surface area contributed by atoms with Gasteiger partial charge in [-0.2, -0.15) is 5.10 Å². The van der Waals surface area contributed by atoms with E-state index in [9.17, 15) is 19.1 Å². The lowest BCUT2D eigenvalue weighted by Gasteiger charge is -2.32. The molecule has 1 amide bonds. The predicted molar refractivity (Wildman–Crippen MR) is 84.6 cm³/mol. The number of aliphatic carboxylic acids is 1. The predicted octanol–water partition coefficient (Wildman–Crippen LogP) is 2.40. The van der Waals surface area contributed by atoms with E-state index in [2.05, 4.69) is 5.10 Å². The zero-order valence-corrected chi connectivity index (χ0v) is 13.3. The molecule has 1 fully saturated rings. The number of aryl methyl sites for hydroxylation is 1. The quantitative estimate of drug-likeness (QED) is 0.937. The molecular weight excluding hydrogens is 313 g/mol. The number of carboxylic acid groups (broad SMARTS) is 1. The standard InChI is InChI=1S/C17H18FN3O3/c1-11-10-12(18)5-6-14(11)21-9-7-13(19-21)16(22)20-8-3-2-4-15(20)17(23)24/h5-7,9-10,15H,2-4,8H2,1H3,(H,23,24)/t15-/m1/s1. The topological polar surface area (TPSA) is 75.4 Å². The Labute approximate surface area is 138 Å². The minimum atomic E-state index is -0.989. The number of carbonyl (C=O) groups is 2. The summed E-state index contributed by atoms with van der Waals surface area (Å²) in [5.74, 6) is -1.71. The Balaban J connectivity index is 1.87. The van der Waals surface area contributed by atoms with Crippen molar-refractivity contribution < 1.29 is 19.1 Å². The first-order chi connectivity index (χ1) is 11.5. The van der Waals surface area contributed by atoms with Crippen LogP contribution in [0.2, 0.25) is 0 Å². The van der Waals surface area contributed by atoms with Crippen molar-refractivity contribution in [2.45, 2.75) is 32.2 Å². The number of piperidine rings is 1. The molecule has 0 spiro atoms. The molecule has 1 atom stereocenters. The summed E-state index contributed by atoms with van der Waals surface area (Å²) in [6, 6.07) is 5.06. The molecule has 6 nitrogen and oxygen atoms in total. The molecule has 1 aliphatic rings. The fourth-order valence-corrected chi connectivity index (χ4v) is 3.03. The van der Waals surface area contributed by atoms with Gasteiger partial charge in [-0.15, -0.1) is 0 Å². The summed E-state index contributed by atoms with van der Waals surface area (Å²) < 4.78 is 14.7. The van der Waals surface area contributed by atoms with Crippen molar-refractivity contribution in [2.24, 2.45) is 0 Å². The van der Waals surface area contributed by atoms with E-state index in [1.807, 2.05) is 0 Å². The fraction of sp³-hybridized carbons (Fsp3) is 0.353. The van der Waals surface area contributed by atoms with Crippen LogP contribution in [0.1, 0.15) is 35.3 Å². The molecule has 7 heteroatoms. The summed E-state index contributed by atoms with van der Waals surface area (Å²) in [6.07, 6.45) is 3.66. The molecular formula is C17H18FN3O3. The number of amides is 1. The van der Waals surface area contributed by atoms with E-state index in [4.69, 9.17) is 0 Å². The van der Waals surface area contributed by atoms with E-state index in [1.165, 1.54) is 21.7 Å². The van der Waals surface area contributed by atoms with E-state index in [0.29, 0.717) is 24.2 Å². The number of likely N-dealkylation sites (tertiary alicyclic amines) is 1. The van der Waals surface area contributed by atoms with Gasteiger partial charge < -0.3 is 10.0 Å². The largest absolute Gasteiger partial charge is 0.480 e. The van der Waals surface area contributed by atoms with E-state index in [-0.39, 0.29) is 17.4 Å². The third kappa shape index (κ3) is 3.02. The van der Waals surface area contributed by atoms with Gasteiger partial charge >= 0.3 is 5.97 Å². The molecule has 126 valence electrons. The lowest BCUT2D eigenvalue weighted by molar-refractivity contribution is -0.143. The van der Waals surface area contributed by atoms with Crippen LogP contribution in [0.15, 0.2) is 30.5 Å². The second kappa shape index (κ2) is 6.43. The second-order valence-electron chi connectivity index (χ2n) is 5.92. The molecule has 0 radical (unpaired) electrons. The second-order valence-corrected chi connectivity index (χ2v) is 5.92. The molecule has 1 N–H and O–H groups in total. The molecule has 1 aromatic carbocycles. The molecule has 2 aromatic rings. The summed E-state index contributed by atoms with van der Waals surface area (Å²) in [5, 5.41) is 13.5. The van der Waals surface area contributed by atoms with Crippen molar-refractivity contribution in [2.75, 3.05) is 6.54 Å². The fourth-order valence-electron chi connectivity index (χ4n) is 3.03. The molecule has 0 aliphatic carbocycles. The van der Waals surface area contributed by atoms with Crippen molar-refractivity contribution in [3.8, 4) is 5.69 Å². The first kappa shape index (κ1) is 16.2. The summed E-state index contributed by atoms with van der Waals surface area (Å²) in [4.78, 5) is 25.3. The van der Waals surface area contributed by atoms with E-state index >= 15 is 0 Å². The van der Waals surface area contributed by atoms with Crippen molar-refractivity contribution in [3.05, 3.63) is 47.5 Å².